The first-order valence-corrected chi connectivity index (χ1v) is 5.63. The van der Waals surface area contributed by atoms with Gasteiger partial charge in [-0.2, -0.15) is 0 Å². The highest BCUT2D eigenvalue weighted by Gasteiger charge is 2.06. The van der Waals surface area contributed by atoms with Crippen LogP contribution in [0.25, 0.3) is 10.9 Å². The smallest absolute Gasteiger partial charge is 0.251 e. The van der Waals surface area contributed by atoms with Gasteiger partial charge in [0.05, 0.1) is 0 Å². The van der Waals surface area contributed by atoms with Crippen LogP contribution in [-0.4, -0.2) is 17.0 Å². The van der Waals surface area contributed by atoms with Crippen molar-refractivity contribution in [1.82, 2.24) is 9.88 Å². The molecule has 2 aromatic rings. The van der Waals surface area contributed by atoms with Crippen molar-refractivity contribution in [2.24, 2.45) is 0 Å². The molecule has 2 rings (SSSR count). The normalized spacial score (nSPS) is 10.6. The largest absolute Gasteiger partial charge is 0.352 e. The van der Waals surface area contributed by atoms with Crippen LogP contribution in [0.4, 0.5) is 0 Å². The van der Waals surface area contributed by atoms with Crippen LogP contribution in [0.3, 0.4) is 0 Å². The summed E-state index contributed by atoms with van der Waals surface area (Å²) in [4.78, 5) is 11.6. The van der Waals surface area contributed by atoms with Gasteiger partial charge in [0.1, 0.15) is 0 Å². The number of hydrogen-bond donors (Lipinski definition) is 1. The summed E-state index contributed by atoms with van der Waals surface area (Å²) < 4.78 is 2.16. The zero-order valence-corrected chi connectivity index (χ0v) is 9.66. The molecular weight excluding hydrogens is 200 g/mol. The second-order valence-corrected chi connectivity index (χ2v) is 3.73. The summed E-state index contributed by atoms with van der Waals surface area (Å²) in [6, 6.07) is 7.86. The van der Waals surface area contributed by atoms with Crippen molar-refractivity contribution in [2.45, 2.75) is 20.4 Å². The molecule has 3 nitrogen and oxygen atoms in total. The highest BCUT2D eigenvalue weighted by molar-refractivity contribution is 5.98. The molecule has 0 aliphatic carbocycles. The van der Waals surface area contributed by atoms with Crippen LogP contribution in [-0.2, 0) is 6.54 Å². The van der Waals surface area contributed by atoms with Gasteiger partial charge < -0.3 is 9.88 Å². The molecular formula is C13H18N2O. The summed E-state index contributed by atoms with van der Waals surface area (Å²) in [7, 11) is 0. The molecule has 0 spiro atoms. The van der Waals surface area contributed by atoms with Gasteiger partial charge in [0, 0.05) is 37.2 Å². The minimum absolute atomic E-state index is 0. The average molecular weight is 218 g/mol. The van der Waals surface area contributed by atoms with E-state index in [9.17, 15) is 4.79 Å². The van der Waals surface area contributed by atoms with Crippen molar-refractivity contribution in [3.63, 3.8) is 0 Å². The molecule has 0 bridgehead atoms. The van der Waals surface area contributed by atoms with Crippen molar-refractivity contribution in [3.8, 4) is 0 Å². The maximum absolute atomic E-state index is 11.6. The van der Waals surface area contributed by atoms with Crippen molar-refractivity contribution in [2.75, 3.05) is 6.54 Å². The lowest BCUT2D eigenvalue weighted by atomic mass is 10.1. The van der Waals surface area contributed by atoms with E-state index < -0.39 is 0 Å². The Labute approximate surface area is 96.6 Å². The molecule has 0 aliphatic heterocycles. The highest BCUT2D eigenvalue weighted by Crippen LogP contribution is 2.17. The number of nitrogens with one attached hydrogen (secondary N) is 1. The quantitative estimate of drug-likeness (QED) is 0.844. The van der Waals surface area contributed by atoms with E-state index in [2.05, 4.69) is 16.8 Å². The molecule has 0 radical (unpaired) electrons. The van der Waals surface area contributed by atoms with Crippen molar-refractivity contribution in [1.29, 1.82) is 0 Å². The summed E-state index contributed by atoms with van der Waals surface area (Å²) in [6.45, 7) is 5.64. The molecule has 0 atom stereocenters. The van der Waals surface area contributed by atoms with Gasteiger partial charge in [0.15, 0.2) is 0 Å². The Morgan fingerprint density at radius 2 is 2.19 bits per heavy atom. The molecule has 0 fully saturated rings. The van der Waals surface area contributed by atoms with Gasteiger partial charge in [0.2, 0.25) is 0 Å². The van der Waals surface area contributed by atoms with Gasteiger partial charge in [-0.05, 0) is 38.1 Å². The van der Waals surface area contributed by atoms with Crippen molar-refractivity contribution < 1.29 is 6.22 Å². The summed E-state index contributed by atoms with van der Waals surface area (Å²) >= 11 is 0. The first-order chi connectivity index (χ1) is 7.76. The summed E-state index contributed by atoms with van der Waals surface area (Å²) in [5, 5.41) is 3.92. The van der Waals surface area contributed by atoms with Crippen LogP contribution in [0.2, 0.25) is 0 Å². The number of carbonyl (C=O) groups excluding carboxylic acids is 1. The molecule has 3 heteroatoms. The van der Waals surface area contributed by atoms with Crippen molar-refractivity contribution >= 4 is 16.8 Å². The van der Waals surface area contributed by atoms with Crippen LogP contribution in [0, 0.1) is 0 Å². The fourth-order valence-electron chi connectivity index (χ4n) is 1.88. The first-order valence-electron chi connectivity index (χ1n) is 5.63. The third kappa shape index (κ3) is 1.81. The Bertz CT molecular complexity index is 519. The number of aryl methyl sites for hydroxylation is 1. The van der Waals surface area contributed by atoms with E-state index in [4.69, 9.17) is 0 Å². The highest BCUT2D eigenvalue weighted by atomic mass is 16.1. The van der Waals surface area contributed by atoms with E-state index in [1.807, 2.05) is 37.4 Å². The fraction of sp³-hybridized carbons (Fsp3) is 0.308. The van der Waals surface area contributed by atoms with E-state index in [0.717, 1.165) is 17.5 Å². The van der Waals surface area contributed by atoms with Gasteiger partial charge in [-0.1, -0.05) is 0 Å². The molecule has 0 aliphatic rings. The monoisotopic (exact) mass is 218 g/mol. The third-order valence-electron chi connectivity index (χ3n) is 2.71. The first kappa shape index (κ1) is 10.7. The predicted molar refractivity (Wildman–Crippen MR) is 67.7 cm³/mol. The van der Waals surface area contributed by atoms with Crippen LogP contribution < -0.4 is 5.32 Å². The maximum Gasteiger partial charge on any atom is 0.251 e. The van der Waals surface area contributed by atoms with Crippen molar-refractivity contribution in [3.05, 3.63) is 36.0 Å². The minimum atomic E-state index is -0.00588. The Kier molecular flexibility index (Phi) is 2.95. The average Bonchev–Trinajstić information content (AvgIpc) is 2.71. The lowest BCUT2D eigenvalue weighted by molar-refractivity contribution is 0.0956. The standard InChI is InChI=1S/C13H16N2O.H2/c1-3-14-13(16)11-5-6-12-10(9-11)7-8-15(12)4-2;/h5-9H,3-4H2,1-2H3,(H,14,16);1H. The zero-order valence-electron chi connectivity index (χ0n) is 9.66. The number of rotatable bonds is 3. The molecule has 1 aromatic heterocycles. The lowest BCUT2D eigenvalue weighted by Crippen LogP contribution is -2.22. The number of aromatic nitrogens is 1. The number of carbonyl (C=O) groups is 1. The molecule has 1 heterocycles. The molecule has 1 aromatic carbocycles. The second kappa shape index (κ2) is 4.39. The summed E-state index contributed by atoms with van der Waals surface area (Å²) in [5.74, 6) is -0.00588. The number of nitrogens with zero attached hydrogens (tertiary/aromatic N) is 1. The zero-order chi connectivity index (χ0) is 11.5. The molecule has 1 N–H and O–H groups in total. The lowest BCUT2D eigenvalue weighted by Gasteiger charge is -2.04. The SMILES string of the molecule is CCNC(=O)c1ccc2c(ccn2CC)c1.[HH]. The second-order valence-electron chi connectivity index (χ2n) is 3.73. The Balaban J connectivity index is 0.00000144. The molecule has 86 valence electrons. The third-order valence-corrected chi connectivity index (χ3v) is 2.71. The topological polar surface area (TPSA) is 34.0 Å². The van der Waals surface area contributed by atoms with E-state index >= 15 is 0 Å². The van der Waals surface area contributed by atoms with Crippen LogP contribution in [0.15, 0.2) is 30.5 Å². The molecule has 16 heavy (non-hydrogen) atoms. The maximum atomic E-state index is 11.6. The Morgan fingerprint density at radius 1 is 1.38 bits per heavy atom. The van der Waals surface area contributed by atoms with E-state index in [0.29, 0.717) is 6.54 Å². The number of amides is 1. The van der Waals surface area contributed by atoms with Gasteiger partial charge in [-0.25, -0.2) is 0 Å². The van der Waals surface area contributed by atoms with Gasteiger partial charge >= 0.3 is 0 Å². The number of hydrogen-bond acceptors (Lipinski definition) is 1. The summed E-state index contributed by atoms with van der Waals surface area (Å²) in [5.41, 5.74) is 1.90. The van der Waals surface area contributed by atoms with Crippen LogP contribution >= 0.6 is 0 Å². The molecule has 0 saturated carbocycles. The molecule has 0 saturated heterocycles. The van der Waals surface area contributed by atoms with Gasteiger partial charge in [-0.3, -0.25) is 4.79 Å². The number of benzene rings is 1. The molecule has 0 unspecified atom stereocenters. The predicted octanol–water partition coefficient (Wildman–Crippen LogP) is 2.66. The fourth-order valence-corrected chi connectivity index (χ4v) is 1.88. The number of fused-ring (bicyclic) bond motifs is 1. The van der Waals surface area contributed by atoms with E-state index in [1.54, 1.807) is 0 Å². The summed E-state index contributed by atoms with van der Waals surface area (Å²) in [6.07, 6.45) is 2.05. The van der Waals surface area contributed by atoms with Crippen LogP contribution in [0.1, 0.15) is 25.6 Å². The van der Waals surface area contributed by atoms with E-state index in [-0.39, 0.29) is 7.33 Å². The van der Waals surface area contributed by atoms with E-state index in [1.165, 1.54) is 5.52 Å². The van der Waals surface area contributed by atoms with Crippen LogP contribution in [0.5, 0.6) is 0 Å². The minimum Gasteiger partial charge on any atom is -0.352 e. The van der Waals surface area contributed by atoms with Gasteiger partial charge in [0.25, 0.3) is 5.91 Å². The van der Waals surface area contributed by atoms with Gasteiger partial charge in [-0.15, -0.1) is 0 Å². The Hall–Kier alpha value is -1.77. The Morgan fingerprint density at radius 3 is 2.88 bits per heavy atom. The molecule has 1 amide bonds.